The average Bonchev–Trinajstić information content (AvgIpc) is 2.78. The smallest absolute Gasteiger partial charge is 0.237 e. The molecule has 1 heterocycles. The molecule has 1 aromatic heterocycles. The Morgan fingerprint density at radius 2 is 2.25 bits per heavy atom. The van der Waals surface area contributed by atoms with Crippen LogP contribution in [0.4, 0.5) is 11.4 Å². The van der Waals surface area contributed by atoms with Gasteiger partial charge in [0.2, 0.25) is 5.91 Å². The third-order valence-electron chi connectivity index (χ3n) is 2.94. The molecule has 20 heavy (non-hydrogen) atoms. The first-order valence-corrected chi connectivity index (χ1v) is 7.16. The maximum Gasteiger partial charge on any atom is 0.237 e. The van der Waals surface area contributed by atoms with Crippen LogP contribution < -0.4 is 11.1 Å². The Morgan fingerprint density at radius 3 is 2.85 bits per heavy atom. The van der Waals surface area contributed by atoms with Crippen LogP contribution >= 0.6 is 11.8 Å². The van der Waals surface area contributed by atoms with Crippen LogP contribution in [-0.2, 0) is 11.8 Å². The molecule has 0 radical (unpaired) electrons. The first-order chi connectivity index (χ1) is 9.47. The predicted octanol–water partition coefficient (Wildman–Crippen LogP) is 2.43. The standard InChI is InChI=1S/C14H18N4OS/c1-9-8-11(15)4-5-12(9)17-13(19)10(2)20-14-16-6-7-18(14)3/h4-8,10H,15H2,1-3H3,(H,17,19). The van der Waals surface area contributed by atoms with Crippen LogP contribution in [0.2, 0.25) is 0 Å². The molecule has 106 valence electrons. The minimum atomic E-state index is -0.229. The van der Waals surface area contributed by atoms with Crippen molar-refractivity contribution < 1.29 is 4.79 Å². The van der Waals surface area contributed by atoms with Crippen molar-refractivity contribution in [2.75, 3.05) is 11.1 Å². The van der Waals surface area contributed by atoms with Gasteiger partial charge in [-0.25, -0.2) is 4.98 Å². The summed E-state index contributed by atoms with van der Waals surface area (Å²) in [4.78, 5) is 16.4. The van der Waals surface area contributed by atoms with Crippen LogP contribution in [0.15, 0.2) is 35.7 Å². The van der Waals surface area contributed by atoms with E-state index in [2.05, 4.69) is 10.3 Å². The van der Waals surface area contributed by atoms with Crippen molar-refractivity contribution in [3.8, 4) is 0 Å². The molecule has 0 saturated heterocycles. The van der Waals surface area contributed by atoms with Gasteiger partial charge in [-0.15, -0.1) is 0 Å². The lowest BCUT2D eigenvalue weighted by atomic mass is 10.2. The molecule has 0 spiro atoms. The molecule has 1 unspecified atom stereocenters. The van der Waals surface area contributed by atoms with Gasteiger partial charge in [0.1, 0.15) is 0 Å². The van der Waals surface area contributed by atoms with Crippen molar-refractivity contribution in [3.63, 3.8) is 0 Å². The number of benzene rings is 1. The van der Waals surface area contributed by atoms with Gasteiger partial charge in [0.05, 0.1) is 5.25 Å². The van der Waals surface area contributed by atoms with Gasteiger partial charge in [0.15, 0.2) is 5.16 Å². The number of imidazole rings is 1. The molecule has 6 heteroatoms. The zero-order valence-electron chi connectivity index (χ0n) is 11.8. The fourth-order valence-electron chi connectivity index (χ4n) is 1.74. The van der Waals surface area contributed by atoms with Crippen molar-refractivity contribution >= 4 is 29.0 Å². The van der Waals surface area contributed by atoms with Crippen LogP contribution in [-0.4, -0.2) is 20.7 Å². The molecule has 2 aromatic rings. The van der Waals surface area contributed by atoms with Crippen LogP contribution in [0.5, 0.6) is 0 Å². The highest BCUT2D eigenvalue weighted by Gasteiger charge is 2.17. The van der Waals surface area contributed by atoms with E-state index in [9.17, 15) is 4.79 Å². The monoisotopic (exact) mass is 290 g/mol. The van der Waals surface area contributed by atoms with Gasteiger partial charge in [0.25, 0.3) is 0 Å². The number of carbonyl (C=O) groups excluding carboxylic acids is 1. The molecule has 0 aliphatic rings. The number of nitrogens with one attached hydrogen (secondary N) is 1. The van der Waals surface area contributed by atoms with Crippen LogP contribution in [0, 0.1) is 6.92 Å². The number of hydrogen-bond acceptors (Lipinski definition) is 4. The van der Waals surface area contributed by atoms with E-state index in [1.54, 1.807) is 12.3 Å². The molecule has 0 bridgehead atoms. The van der Waals surface area contributed by atoms with Gasteiger partial charge in [0, 0.05) is 30.8 Å². The van der Waals surface area contributed by atoms with Crippen molar-refractivity contribution in [1.82, 2.24) is 9.55 Å². The highest BCUT2D eigenvalue weighted by molar-refractivity contribution is 8.00. The number of amides is 1. The SMILES string of the molecule is Cc1cc(N)ccc1NC(=O)C(C)Sc1nccn1C. The summed E-state index contributed by atoms with van der Waals surface area (Å²) in [6.07, 6.45) is 3.58. The van der Waals surface area contributed by atoms with E-state index >= 15 is 0 Å². The Kier molecular flexibility index (Phi) is 4.34. The number of hydrogen-bond donors (Lipinski definition) is 2. The Morgan fingerprint density at radius 1 is 1.50 bits per heavy atom. The molecular formula is C14H18N4OS. The van der Waals surface area contributed by atoms with E-state index in [0.717, 1.165) is 16.4 Å². The lowest BCUT2D eigenvalue weighted by Gasteiger charge is -2.13. The lowest BCUT2D eigenvalue weighted by Crippen LogP contribution is -2.23. The van der Waals surface area contributed by atoms with Gasteiger partial charge >= 0.3 is 0 Å². The summed E-state index contributed by atoms with van der Waals surface area (Å²) < 4.78 is 1.89. The topological polar surface area (TPSA) is 72.9 Å². The van der Waals surface area contributed by atoms with Crippen LogP contribution in [0.3, 0.4) is 0 Å². The van der Waals surface area contributed by atoms with Crippen molar-refractivity contribution in [1.29, 1.82) is 0 Å². The number of thioether (sulfide) groups is 1. The first-order valence-electron chi connectivity index (χ1n) is 6.28. The van der Waals surface area contributed by atoms with Crippen molar-refractivity contribution in [2.45, 2.75) is 24.3 Å². The number of nitrogens with two attached hydrogens (primary N) is 1. The number of nitrogen functional groups attached to an aromatic ring is 1. The Labute approximate surface area is 122 Å². The largest absolute Gasteiger partial charge is 0.399 e. The quantitative estimate of drug-likeness (QED) is 0.670. The molecule has 5 nitrogen and oxygen atoms in total. The van der Waals surface area contributed by atoms with Gasteiger partial charge in [-0.1, -0.05) is 11.8 Å². The van der Waals surface area contributed by atoms with Crippen LogP contribution in [0.25, 0.3) is 0 Å². The number of aromatic nitrogens is 2. The van der Waals surface area contributed by atoms with Crippen molar-refractivity contribution in [3.05, 3.63) is 36.2 Å². The highest BCUT2D eigenvalue weighted by atomic mass is 32.2. The summed E-state index contributed by atoms with van der Waals surface area (Å²) in [7, 11) is 1.91. The maximum atomic E-state index is 12.2. The number of rotatable bonds is 4. The molecule has 0 saturated carbocycles. The number of aryl methyl sites for hydroxylation is 2. The minimum Gasteiger partial charge on any atom is -0.399 e. The summed E-state index contributed by atoms with van der Waals surface area (Å²) in [5, 5.41) is 3.51. The molecule has 0 aliphatic carbocycles. The summed E-state index contributed by atoms with van der Waals surface area (Å²) in [5.41, 5.74) is 8.13. The fourth-order valence-corrected chi connectivity index (χ4v) is 2.57. The third kappa shape index (κ3) is 3.33. The van der Waals surface area contributed by atoms with Gasteiger partial charge in [-0.3, -0.25) is 4.79 Å². The fraction of sp³-hybridized carbons (Fsp3) is 0.286. The Balaban J connectivity index is 2.02. The first kappa shape index (κ1) is 14.5. The zero-order chi connectivity index (χ0) is 14.7. The van der Waals surface area contributed by atoms with E-state index in [-0.39, 0.29) is 11.2 Å². The summed E-state index contributed by atoms with van der Waals surface area (Å²) >= 11 is 1.43. The van der Waals surface area contributed by atoms with Crippen molar-refractivity contribution in [2.24, 2.45) is 7.05 Å². The molecular weight excluding hydrogens is 272 g/mol. The summed E-state index contributed by atoms with van der Waals surface area (Å²) in [6.45, 7) is 3.78. The second-order valence-electron chi connectivity index (χ2n) is 4.64. The van der Waals surface area contributed by atoms with E-state index in [1.807, 2.05) is 43.8 Å². The highest BCUT2D eigenvalue weighted by Crippen LogP contribution is 2.23. The molecule has 1 aromatic carbocycles. The molecule has 2 rings (SSSR count). The second-order valence-corrected chi connectivity index (χ2v) is 5.95. The van der Waals surface area contributed by atoms with E-state index in [0.29, 0.717) is 5.69 Å². The molecule has 0 aliphatic heterocycles. The van der Waals surface area contributed by atoms with Gasteiger partial charge in [-0.05, 0) is 37.6 Å². The number of anilines is 2. The molecule has 1 amide bonds. The number of carbonyl (C=O) groups is 1. The number of nitrogens with zero attached hydrogens (tertiary/aromatic N) is 2. The van der Waals surface area contributed by atoms with E-state index in [4.69, 9.17) is 5.73 Å². The Bertz CT molecular complexity index is 623. The molecule has 3 N–H and O–H groups in total. The predicted molar refractivity (Wildman–Crippen MR) is 82.7 cm³/mol. The summed E-state index contributed by atoms with van der Waals surface area (Å²) in [6, 6.07) is 5.44. The van der Waals surface area contributed by atoms with E-state index in [1.165, 1.54) is 11.8 Å². The van der Waals surface area contributed by atoms with E-state index < -0.39 is 0 Å². The normalized spacial score (nSPS) is 12.2. The molecule has 0 fully saturated rings. The third-order valence-corrected chi connectivity index (χ3v) is 4.11. The van der Waals surface area contributed by atoms with Gasteiger partial charge < -0.3 is 15.6 Å². The second kappa shape index (κ2) is 6.00. The minimum absolute atomic E-state index is 0.0501. The summed E-state index contributed by atoms with van der Waals surface area (Å²) in [5.74, 6) is -0.0501. The van der Waals surface area contributed by atoms with Gasteiger partial charge in [-0.2, -0.15) is 0 Å². The maximum absolute atomic E-state index is 12.2. The van der Waals surface area contributed by atoms with Crippen LogP contribution in [0.1, 0.15) is 12.5 Å². The molecule has 1 atom stereocenters. The zero-order valence-corrected chi connectivity index (χ0v) is 12.6. The lowest BCUT2D eigenvalue weighted by molar-refractivity contribution is -0.115. The Hall–Kier alpha value is -1.95. The average molecular weight is 290 g/mol.